The monoisotopic (exact) mass is 512 g/mol. The maximum atomic E-state index is 12.6. The molecule has 2 aromatic heterocycles. The smallest absolute Gasteiger partial charge is 0.329 e. The van der Waals surface area contributed by atoms with Crippen molar-refractivity contribution in [3.63, 3.8) is 0 Å². The molecule has 10 nitrogen and oxygen atoms in total. The number of aliphatic hydroxyl groups excluding tert-OH is 1. The van der Waals surface area contributed by atoms with Crippen molar-refractivity contribution in [1.82, 2.24) is 19.1 Å². The highest BCUT2D eigenvalue weighted by atomic mass is 79.9. The number of imidazole rings is 1. The summed E-state index contributed by atoms with van der Waals surface area (Å²) in [6, 6.07) is 16.6. The predicted molar refractivity (Wildman–Crippen MR) is 129 cm³/mol. The molecule has 11 heteroatoms. The number of nitrogens with zero attached hydrogens (tertiary/aromatic N) is 4. The molecular formula is C22H21BrN6O4. The fourth-order valence-electron chi connectivity index (χ4n) is 3.19. The summed E-state index contributed by atoms with van der Waals surface area (Å²) in [5.74, 6) is 0.797. The fourth-order valence-corrected chi connectivity index (χ4v) is 3.45. The minimum atomic E-state index is -0.971. The van der Waals surface area contributed by atoms with Crippen LogP contribution in [0.4, 0.5) is 5.95 Å². The van der Waals surface area contributed by atoms with Gasteiger partial charge >= 0.3 is 5.69 Å². The van der Waals surface area contributed by atoms with Crippen LogP contribution in [-0.2, 0) is 13.6 Å². The van der Waals surface area contributed by atoms with Crippen molar-refractivity contribution in [1.29, 1.82) is 0 Å². The highest BCUT2D eigenvalue weighted by Crippen LogP contribution is 2.18. The number of aryl methyl sites for hydroxylation is 1. The lowest BCUT2D eigenvalue weighted by Crippen LogP contribution is -2.30. The molecule has 0 aliphatic carbocycles. The quantitative estimate of drug-likeness (QED) is 0.245. The molecule has 0 fully saturated rings. The van der Waals surface area contributed by atoms with Gasteiger partial charge in [-0.2, -0.15) is 10.1 Å². The average molecular weight is 513 g/mol. The lowest BCUT2D eigenvalue weighted by atomic mass is 10.2. The van der Waals surface area contributed by atoms with Crippen LogP contribution in [0.3, 0.4) is 0 Å². The van der Waals surface area contributed by atoms with Gasteiger partial charge in [-0.1, -0.05) is 46.3 Å². The molecule has 1 atom stereocenters. The third-order valence-electron chi connectivity index (χ3n) is 4.83. The highest BCUT2D eigenvalue weighted by Gasteiger charge is 2.20. The van der Waals surface area contributed by atoms with Gasteiger partial charge in [-0.25, -0.2) is 10.2 Å². The molecule has 0 aliphatic rings. The zero-order chi connectivity index (χ0) is 23.4. The summed E-state index contributed by atoms with van der Waals surface area (Å²) in [6.45, 7) is -0.0325. The number of benzene rings is 2. The molecule has 4 aromatic rings. The van der Waals surface area contributed by atoms with Gasteiger partial charge in [0.1, 0.15) is 18.5 Å². The zero-order valence-electron chi connectivity index (χ0n) is 17.6. The third-order valence-corrected chi connectivity index (χ3v) is 5.36. The summed E-state index contributed by atoms with van der Waals surface area (Å²) >= 11 is 3.36. The number of H-pyrrole nitrogens is 1. The van der Waals surface area contributed by atoms with Gasteiger partial charge in [-0.05, 0) is 29.8 Å². The minimum Gasteiger partial charge on any atom is -0.491 e. The van der Waals surface area contributed by atoms with Crippen molar-refractivity contribution in [2.75, 3.05) is 12.0 Å². The molecule has 0 spiro atoms. The number of fused-ring (bicyclic) bond motifs is 1. The van der Waals surface area contributed by atoms with Crippen molar-refractivity contribution >= 4 is 39.3 Å². The number of hydrazone groups is 1. The van der Waals surface area contributed by atoms with Crippen LogP contribution in [0.2, 0.25) is 0 Å². The van der Waals surface area contributed by atoms with Gasteiger partial charge in [0, 0.05) is 11.5 Å². The van der Waals surface area contributed by atoms with Gasteiger partial charge in [0.25, 0.3) is 5.56 Å². The number of hydrogen-bond acceptors (Lipinski definition) is 7. The lowest BCUT2D eigenvalue weighted by Gasteiger charge is -2.15. The first-order valence-corrected chi connectivity index (χ1v) is 10.8. The third kappa shape index (κ3) is 5.21. The Labute approximate surface area is 196 Å². The number of rotatable bonds is 8. The zero-order valence-corrected chi connectivity index (χ0v) is 19.2. The van der Waals surface area contributed by atoms with E-state index in [1.54, 1.807) is 18.3 Å². The van der Waals surface area contributed by atoms with Gasteiger partial charge in [0.05, 0.1) is 12.8 Å². The van der Waals surface area contributed by atoms with E-state index < -0.39 is 17.4 Å². The van der Waals surface area contributed by atoms with Crippen LogP contribution >= 0.6 is 15.9 Å². The summed E-state index contributed by atoms with van der Waals surface area (Å²) in [6.07, 6.45) is 0.626. The Morgan fingerprint density at radius 2 is 1.94 bits per heavy atom. The van der Waals surface area contributed by atoms with E-state index in [0.29, 0.717) is 5.75 Å². The van der Waals surface area contributed by atoms with Gasteiger partial charge < -0.3 is 14.4 Å². The second kappa shape index (κ2) is 9.84. The Morgan fingerprint density at radius 1 is 1.21 bits per heavy atom. The Kier molecular flexibility index (Phi) is 6.71. The van der Waals surface area contributed by atoms with Crippen molar-refractivity contribution in [2.45, 2.75) is 12.6 Å². The molecule has 0 bridgehead atoms. The van der Waals surface area contributed by atoms with Crippen LogP contribution in [-0.4, -0.2) is 43.1 Å². The molecule has 0 radical (unpaired) electrons. The van der Waals surface area contributed by atoms with Gasteiger partial charge in [-0.15, -0.1) is 0 Å². The maximum absolute atomic E-state index is 12.6. The van der Waals surface area contributed by atoms with E-state index in [4.69, 9.17) is 4.74 Å². The Bertz CT molecular complexity index is 1390. The second-order valence-electron chi connectivity index (χ2n) is 7.24. The highest BCUT2D eigenvalue weighted by molar-refractivity contribution is 9.10. The van der Waals surface area contributed by atoms with E-state index >= 15 is 0 Å². The molecule has 170 valence electrons. The summed E-state index contributed by atoms with van der Waals surface area (Å²) in [5.41, 5.74) is 2.78. The van der Waals surface area contributed by atoms with E-state index in [1.807, 2.05) is 42.5 Å². The number of aliphatic hydroxyl groups is 1. The molecular weight excluding hydrogens is 492 g/mol. The number of nitrogens with one attached hydrogen (secondary N) is 2. The van der Waals surface area contributed by atoms with Crippen molar-refractivity contribution in [2.24, 2.45) is 12.1 Å². The van der Waals surface area contributed by atoms with Crippen LogP contribution in [0.5, 0.6) is 5.75 Å². The van der Waals surface area contributed by atoms with Crippen LogP contribution in [0.15, 0.2) is 73.8 Å². The fraction of sp³-hybridized carbons (Fsp3) is 0.182. The molecule has 0 saturated carbocycles. The number of aromatic amines is 1. The predicted octanol–water partition coefficient (Wildman–Crippen LogP) is 2.07. The van der Waals surface area contributed by atoms with Gasteiger partial charge in [0.15, 0.2) is 11.2 Å². The molecule has 0 saturated heterocycles. The second-order valence-corrected chi connectivity index (χ2v) is 8.15. The summed E-state index contributed by atoms with van der Waals surface area (Å²) in [5, 5.41) is 14.8. The first-order valence-electron chi connectivity index (χ1n) is 10.0. The molecule has 4 rings (SSSR count). The first-order chi connectivity index (χ1) is 15.9. The standard InChI is InChI=1S/C22H21BrN6O4/c1-28-19-18(20(31)26-22(28)32)29(12-16(30)13-33-17-9-7-15(23)8-10-17)21(25-19)27-24-11-14-5-3-2-4-6-14/h2-11,16,30H,12-13H2,1H3,(H,25,27)(H,26,31,32)/b24-11-/t16-/m1/s1. The molecule has 0 amide bonds. The normalized spacial score (nSPS) is 12.3. The molecule has 0 aliphatic heterocycles. The number of hydrogen-bond donors (Lipinski definition) is 3. The molecule has 0 unspecified atom stereocenters. The number of aromatic nitrogens is 4. The summed E-state index contributed by atoms with van der Waals surface area (Å²) in [7, 11) is 1.50. The lowest BCUT2D eigenvalue weighted by molar-refractivity contribution is 0.0938. The van der Waals surface area contributed by atoms with Gasteiger partial charge in [-0.3, -0.25) is 14.3 Å². The SMILES string of the molecule is Cn1c(=O)[nH]c(=O)c2c1nc(N/N=C\c1ccccc1)n2C[C@@H](O)COc1ccc(Br)cc1. The molecule has 2 heterocycles. The molecule has 3 N–H and O–H groups in total. The first kappa shape index (κ1) is 22.5. The topological polar surface area (TPSA) is 127 Å². The van der Waals surface area contributed by atoms with E-state index in [1.165, 1.54) is 16.2 Å². The largest absolute Gasteiger partial charge is 0.491 e. The molecule has 33 heavy (non-hydrogen) atoms. The number of halogens is 1. The summed E-state index contributed by atoms with van der Waals surface area (Å²) in [4.78, 5) is 31.2. The van der Waals surface area contributed by atoms with Crippen LogP contribution < -0.4 is 21.4 Å². The van der Waals surface area contributed by atoms with E-state index in [2.05, 4.69) is 36.4 Å². The average Bonchev–Trinajstić information content (AvgIpc) is 3.16. The van der Waals surface area contributed by atoms with Crippen LogP contribution in [0.1, 0.15) is 5.56 Å². The Hall–Kier alpha value is -3.70. The van der Waals surface area contributed by atoms with Crippen LogP contribution in [0.25, 0.3) is 11.2 Å². The Balaban J connectivity index is 1.61. The minimum absolute atomic E-state index is 0.0162. The van der Waals surface area contributed by atoms with E-state index in [9.17, 15) is 14.7 Å². The van der Waals surface area contributed by atoms with E-state index in [-0.39, 0.29) is 30.3 Å². The van der Waals surface area contributed by atoms with Gasteiger partial charge in [0.2, 0.25) is 5.95 Å². The van der Waals surface area contributed by atoms with Crippen molar-refractivity contribution in [3.8, 4) is 5.75 Å². The van der Waals surface area contributed by atoms with Crippen molar-refractivity contribution in [3.05, 3.63) is 85.5 Å². The number of anilines is 1. The van der Waals surface area contributed by atoms with E-state index in [0.717, 1.165) is 10.0 Å². The van der Waals surface area contributed by atoms with Crippen molar-refractivity contribution < 1.29 is 9.84 Å². The number of ether oxygens (including phenoxy) is 1. The maximum Gasteiger partial charge on any atom is 0.329 e. The molecule has 2 aromatic carbocycles. The summed E-state index contributed by atoms with van der Waals surface area (Å²) < 4.78 is 9.26. The Morgan fingerprint density at radius 3 is 2.67 bits per heavy atom. The van der Waals surface area contributed by atoms with Crippen LogP contribution in [0, 0.1) is 0 Å².